The lowest BCUT2D eigenvalue weighted by atomic mass is 9.92. The van der Waals surface area contributed by atoms with E-state index in [2.05, 4.69) is 15.7 Å². The van der Waals surface area contributed by atoms with Crippen LogP contribution in [-0.4, -0.2) is 71.8 Å². The molecule has 36 heavy (non-hydrogen) atoms. The average Bonchev–Trinajstić information content (AvgIpc) is 3.31. The zero-order valence-corrected chi connectivity index (χ0v) is 21.4. The molecule has 1 fully saturated rings. The standard InChI is InChI=1S/C26H35N5O5/c1-26(25(34)28-18-8-6-5-7-9-18)16-31-20(24(33)30(26)2)15-19(29-31)23(32)27-13-12-17-10-11-21(35-3)22(14-17)36-4/h10-11,14-15,18H,5-9,12-13,16H2,1-4H3,(H,27,32)(H,28,34). The van der Waals surface area contributed by atoms with E-state index in [1.807, 2.05) is 18.2 Å². The largest absolute Gasteiger partial charge is 0.493 e. The third-order valence-electron chi connectivity index (χ3n) is 7.31. The van der Waals surface area contributed by atoms with Crippen molar-refractivity contribution in [3.63, 3.8) is 0 Å². The van der Waals surface area contributed by atoms with Crippen molar-refractivity contribution in [3.8, 4) is 11.5 Å². The highest BCUT2D eigenvalue weighted by atomic mass is 16.5. The predicted octanol–water partition coefficient (Wildman–Crippen LogP) is 2.17. The van der Waals surface area contributed by atoms with Crippen LogP contribution in [0.25, 0.3) is 0 Å². The third kappa shape index (κ3) is 5.03. The number of ether oxygens (including phenoxy) is 2. The molecule has 1 atom stereocenters. The molecule has 1 aliphatic heterocycles. The molecule has 10 heteroatoms. The van der Waals surface area contributed by atoms with E-state index in [4.69, 9.17) is 9.47 Å². The van der Waals surface area contributed by atoms with Crippen LogP contribution in [0.4, 0.5) is 0 Å². The van der Waals surface area contributed by atoms with Crippen LogP contribution in [0.5, 0.6) is 11.5 Å². The molecule has 3 amide bonds. The number of hydrogen-bond acceptors (Lipinski definition) is 6. The van der Waals surface area contributed by atoms with E-state index < -0.39 is 5.54 Å². The first-order chi connectivity index (χ1) is 17.3. The molecule has 2 N–H and O–H groups in total. The number of benzene rings is 1. The van der Waals surface area contributed by atoms with Gasteiger partial charge in [0.2, 0.25) is 5.91 Å². The summed E-state index contributed by atoms with van der Waals surface area (Å²) in [5.41, 5.74) is 0.337. The second-order valence-electron chi connectivity index (χ2n) is 9.71. The third-order valence-corrected chi connectivity index (χ3v) is 7.31. The number of methoxy groups -OCH3 is 2. The number of amides is 3. The fourth-order valence-corrected chi connectivity index (χ4v) is 4.87. The molecule has 2 heterocycles. The maximum atomic E-state index is 13.2. The summed E-state index contributed by atoms with van der Waals surface area (Å²) >= 11 is 0. The van der Waals surface area contributed by atoms with Crippen molar-refractivity contribution in [2.45, 2.75) is 63.6 Å². The highest BCUT2D eigenvalue weighted by Crippen LogP contribution is 2.28. The number of carbonyl (C=O) groups excluding carboxylic acids is 3. The van der Waals surface area contributed by atoms with Crippen molar-refractivity contribution in [1.82, 2.24) is 25.3 Å². The Balaban J connectivity index is 1.40. The van der Waals surface area contributed by atoms with E-state index in [0.29, 0.717) is 30.2 Å². The van der Waals surface area contributed by atoms with Crippen LogP contribution < -0.4 is 20.1 Å². The first-order valence-corrected chi connectivity index (χ1v) is 12.4. The number of aromatic nitrogens is 2. The van der Waals surface area contributed by atoms with Gasteiger partial charge in [0.05, 0.1) is 20.8 Å². The monoisotopic (exact) mass is 497 g/mol. The quantitative estimate of drug-likeness (QED) is 0.578. The van der Waals surface area contributed by atoms with Gasteiger partial charge in [-0.3, -0.25) is 19.1 Å². The normalized spacial score (nSPS) is 20.0. The highest BCUT2D eigenvalue weighted by Gasteiger charge is 2.46. The highest BCUT2D eigenvalue weighted by molar-refractivity contribution is 6.01. The Labute approximate surface area is 211 Å². The van der Waals surface area contributed by atoms with Crippen LogP contribution >= 0.6 is 0 Å². The molecule has 0 radical (unpaired) electrons. The Morgan fingerprint density at radius 2 is 1.83 bits per heavy atom. The van der Waals surface area contributed by atoms with Gasteiger partial charge in [0.1, 0.15) is 11.2 Å². The Morgan fingerprint density at radius 1 is 1.11 bits per heavy atom. The Kier molecular flexibility index (Phi) is 7.51. The number of hydrogen-bond donors (Lipinski definition) is 2. The summed E-state index contributed by atoms with van der Waals surface area (Å²) in [5, 5.41) is 10.4. The minimum Gasteiger partial charge on any atom is -0.493 e. The van der Waals surface area contributed by atoms with Gasteiger partial charge in [-0.25, -0.2) is 0 Å². The van der Waals surface area contributed by atoms with Gasteiger partial charge in [0, 0.05) is 25.7 Å². The summed E-state index contributed by atoms with van der Waals surface area (Å²) in [6.45, 7) is 2.31. The minimum atomic E-state index is -1.09. The van der Waals surface area contributed by atoms with Gasteiger partial charge in [-0.05, 0) is 43.9 Å². The summed E-state index contributed by atoms with van der Waals surface area (Å²) in [6.07, 6.45) is 5.90. The lowest BCUT2D eigenvalue weighted by Gasteiger charge is -2.41. The zero-order valence-electron chi connectivity index (χ0n) is 21.4. The SMILES string of the molecule is COc1ccc(CCNC(=O)c2cc3n(n2)CC(C)(C(=O)NC2CCCCC2)N(C)C3=O)cc1OC. The maximum absolute atomic E-state index is 13.2. The van der Waals surface area contributed by atoms with Gasteiger partial charge >= 0.3 is 0 Å². The van der Waals surface area contributed by atoms with Crippen LogP contribution in [0, 0.1) is 0 Å². The Morgan fingerprint density at radius 3 is 2.53 bits per heavy atom. The van der Waals surface area contributed by atoms with E-state index in [-0.39, 0.29) is 36.0 Å². The van der Waals surface area contributed by atoms with E-state index in [1.54, 1.807) is 28.2 Å². The summed E-state index contributed by atoms with van der Waals surface area (Å²) in [7, 11) is 4.78. The summed E-state index contributed by atoms with van der Waals surface area (Å²) < 4.78 is 12.1. The van der Waals surface area contributed by atoms with Gasteiger partial charge in [-0.2, -0.15) is 5.10 Å². The van der Waals surface area contributed by atoms with Gasteiger partial charge in [-0.1, -0.05) is 25.3 Å². The first kappa shape index (κ1) is 25.5. The summed E-state index contributed by atoms with van der Waals surface area (Å²) in [4.78, 5) is 40.6. The van der Waals surface area contributed by atoms with Gasteiger partial charge in [-0.15, -0.1) is 0 Å². The minimum absolute atomic E-state index is 0.137. The van der Waals surface area contributed by atoms with E-state index in [1.165, 1.54) is 22.1 Å². The maximum Gasteiger partial charge on any atom is 0.272 e. The molecular weight excluding hydrogens is 462 g/mol. The van der Waals surface area contributed by atoms with E-state index in [9.17, 15) is 14.4 Å². The molecule has 1 unspecified atom stereocenters. The van der Waals surface area contributed by atoms with Crippen molar-refractivity contribution in [3.05, 3.63) is 41.2 Å². The number of carbonyl (C=O) groups is 3. The molecule has 1 aliphatic carbocycles. The Hall–Kier alpha value is -3.56. The topological polar surface area (TPSA) is 115 Å². The summed E-state index contributed by atoms with van der Waals surface area (Å²) in [6, 6.07) is 7.23. The molecule has 1 aromatic carbocycles. The van der Waals surface area contributed by atoms with Crippen LogP contribution in [0.3, 0.4) is 0 Å². The molecule has 194 valence electrons. The summed E-state index contributed by atoms with van der Waals surface area (Å²) in [5.74, 6) is 0.372. The molecule has 0 bridgehead atoms. The van der Waals surface area contributed by atoms with Crippen LogP contribution in [-0.2, 0) is 17.8 Å². The van der Waals surface area contributed by atoms with E-state index >= 15 is 0 Å². The van der Waals surface area contributed by atoms with Crippen LogP contribution in [0.1, 0.15) is 65.6 Å². The van der Waals surface area contributed by atoms with Gasteiger partial charge in [0.25, 0.3) is 11.8 Å². The van der Waals surface area contributed by atoms with Crippen molar-refractivity contribution < 1.29 is 23.9 Å². The van der Waals surface area contributed by atoms with E-state index in [0.717, 1.165) is 31.2 Å². The van der Waals surface area contributed by atoms with Gasteiger partial charge < -0.3 is 25.0 Å². The molecule has 2 aliphatic rings. The fourth-order valence-electron chi connectivity index (χ4n) is 4.87. The van der Waals surface area contributed by atoms with Crippen molar-refractivity contribution in [2.24, 2.45) is 0 Å². The van der Waals surface area contributed by atoms with Crippen molar-refractivity contribution >= 4 is 17.7 Å². The molecule has 1 saturated carbocycles. The molecule has 4 rings (SSSR count). The number of nitrogens with one attached hydrogen (secondary N) is 2. The zero-order chi connectivity index (χ0) is 25.9. The van der Waals surface area contributed by atoms with Gasteiger partial charge in [0.15, 0.2) is 17.2 Å². The number of rotatable bonds is 8. The van der Waals surface area contributed by atoms with Crippen molar-refractivity contribution in [1.29, 1.82) is 0 Å². The predicted molar refractivity (Wildman–Crippen MR) is 133 cm³/mol. The Bertz CT molecular complexity index is 1140. The molecule has 0 saturated heterocycles. The smallest absolute Gasteiger partial charge is 0.272 e. The first-order valence-electron chi connectivity index (χ1n) is 12.4. The number of nitrogens with zero attached hydrogens (tertiary/aromatic N) is 3. The second kappa shape index (κ2) is 10.6. The number of fused-ring (bicyclic) bond motifs is 1. The van der Waals surface area contributed by atoms with Crippen molar-refractivity contribution in [2.75, 3.05) is 27.8 Å². The second-order valence-corrected chi connectivity index (χ2v) is 9.71. The van der Waals surface area contributed by atoms with Crippen LogP contribution in [0.15, 0.2) is 24.3 Å². The van der Waals surface area contributed by atoms with Crippen LogP contribution in [0.2, 0.25) is 0 Å². The average molecular weight is 498 g/mol. The molecule has 2 aromatic rings. The lowest BCUT2D eigenvalue weighted by molar-refractivity contribution is -0.133. The fraction of sp³-hybridized carbons (Fsp3) is 0.538. The molecule has 10 nitrogen and oxygen atoms in total. The number of likely N-dealkylation sites (N-methyl/N-ethyl adjacent to an activating group) is 1. The molecule has 0 spiro atoms. The molecule has 1 aromatic heterocycles. The lowest BCUT2D eigenvalue weighted by Crippen LogP contribution is -2.63. The molecular formula is C26H35N5O5.